The Bertz CT molecular complexity index is 608. The van der Waals surface area contributed by atoms with Gasteiger partial charge < -0.3 is 10.1 Å². The molecule has 0 saturated heterocycles. The van der Waals surface area contributed by atoms with Crippen LogP contribution in [0.15, 0.2) is 42.7 Å². The SMILES string of the molecule is O=C(CC1CCCC1)Nc1cnc(Oc2ccccc2)nc1. The van der Waals surface area contributed by atoms with Crippen LogP contribution in [0.1, 0.15) is 32.1 Å². The van der Waals surface area contributed by atoms with E-state index in [1.165, 1.54) is 12.8 Å². The molecule has 1 fully saturated rings. The second-order valence-corrected chi connectivity index (χ2v) is 5.57. The van der Waals surface area contributed by atoms with E-state index in [4.69, 9.17) is 4.74 Å². The average Bonchev–Trinajstić information content (AvgIpc) is 3.03. The smallest absolute Gasteiger partial charge is 0.322 e. The molecular formula is C17H19N3O2. The Balaban J connectivity index is 1.53. The summed E-state index contributed by atoms with van der Waals surface area (Å²) in [5.41, 5.74) is 0.600. The highest BCUT2D eigenvalue weighted by molar-refractivity contribution is 5.90. The van der Waals surface area contributed by atoms with Gasteiger partial charge in [-0.25, -0.2) is 9.97 Å². The second-order valence-electron chi connectivity index (χ2n) is 5.57. The predicted octanol–water partition coefficient (Wildman–Crippen LogP) is 3.79. The zero-order valence-corrected chi connectivity index (χ0v) is 12.4. The largest absolute Gasteiger partial charge is 0.424 e. The Morgan fingerprint density at radius 1 is 1.14 bits per heavy atom. The van der Waals surface area contributed by atoms with E-state index in [9.17, 15) is 4.79 Å². The summed E-state index contributed by atoms with van der Waals surface area (Å²) in [5.74, 6) is 1.24. The first-order valence-electron chi connectivity index (χ1n) is 7.64. The van der Waals surface area contributed by atoms with Crippen LogP contribution < -0.4 is 10.1 Å². The third kappa shape index (κ3) is 4.04. The van der Waals surface area contributed by atoms with E-state index in [-0.39, 0.29) is 11.9 Å². The van der Waals surface area contributed by atoms with E-state index in [0.717, 1.165) is 12.8 Å². The first kappa shape index (κ1) is 14.5. The molecule has 1 aromatic carbocycles. The standard InChI is InChI=1S/C17H19N3O2/c21-16(10-13-6-4-5-7-13)20-14-11-18-17(19-12-14)22-15-8-2-1-3-9-15/h1-3,8-9,11-13H,4-7,10H2,(H,20,21). The molecule has 0 atom stereocenters. The lowest BCUT2D eigenvalue weighted by Gasteiger charge is -2.09. The Morgan fingerprint density at radius 3 is 2.50 bits per heavy atom. The molecule has 3 rings (SSSR count). The van der Waals surface area contributed by atoms with Gasteiger partial charge in [0.2, 0.25) is 5.91 Å². The van der Waals surface area contributed by atoms with Crippen molar-refractivity contribution < 1.29 is 9.53 Å². The predicted molar refractivity (Wildman–Crippen MR) is 83.8 cm³/mol. The molecule has 1 aliphatic rings. The molecule has 2 aromatic rings. The number of hydrogen-bond acceptors (Lipinski definition) is 4. The number of carbonyl (C=O) groups excluding carboxylic acids is 1. The molecule has 0 bridgehead atoms. The van der Waals surface area contributed by atoms with Crippen molar-refractivity contribution in [2.24, 2.45) is 5.92 Å². The third-order valence-corrected chi connectivity index (χ3v) is 3.81. The number of nitrogens with zero attached hydrogens (tertiary/aromatic N) is 2. The van der Waals surface area contributed by atoms with Gasteiger partial charge in [-0.1, -0.05) is 31.0 Å². The molecule has 0 unspecified atom stereocenters. The number of rotatable bonds is 5. The zero-order chi connectivity index (χ0) is 15.2. The molecule has 0 aliphatic heterocycles. The summed E-state index contributed by atoms with van der Waals surface area (Å²) in [6.45, 7) is 0. The molecule has 1 amide bonds. The van der Waals surface area contributed by atoms with E-state index in [0.29, 0.717) is 23.8 Å². The lowest BCUT2D eigenvalue weighted by Crippen LogP contribution is -2.15. The summed E-state index contributed by atoms with van der Waals surface area (Å²) in [5, 5.41) is 2.84. The number of benzene rings is 1. The molecule has 1 N–H and O–H groups in total. The van der Waals surface area contributed by atoms with Crippen LogP contribution >= 0.6 is 0 Å². The Kier molecular flexibility index (Phi) is 4.63. The normalized spacial score (nSPS) is 14.7. The molecule has 22 heavy (non-hydrogen) atoms. The zero-order valence-electron chi connectivity index (χ0n) is 12.4. The number of hydrogen-bond donors (Lipinski definition) is 1. The van der Waals surface area contributed by atoms with Gasteiger partial charge in [-0.3, -0.25) is 4.79 Å². The Labute approximate surface area is 129 Å². The topological polar surface area (TPSA) is 64.1 Å². The van der Waals surface area contributed by atoms with Crippen molar-refractivity contribution in [3.63, 3.8) is 0 Å². The van der Waals surface area contributed by atoms with Crippen LogP contribution in [0.5, 0.6) is 11.8 Å². The van der Waals surface area contributed by atoms with Crippen molar-refractivity contribution in [2.75, 3.05) is 5.32 Å². The number of para-hydroxylation sites is 1. The quantitative estimate of drug-likeness (QED) is 0.912. The number of anilines is 1. The van der Waals surface area contributed by atoms with Crippen LogP contribution in [0.25, 0.3) is 0 Å². The monoisotopic (exact) mass is 297 g/mol. The van der Waals surface area contributed by atoms with Gasteiger partial charge in [0.05, 0.1) is 18.1 Å². The van der Waals surface area contributed by atoms with E-state index >= 15 is 0 Å². The summed E-state index contributed by atoms with van der Waals surface area (Å²) >= 11 is 0. The van der Waals surface area contributed by atoms with Crippen molar-refractivity contribution in [1.82, 2.24) is 9.97 Å². The summed E-state index contributed by atoms with van der Waals surface area (Å²) in [6, 6.07) is 9.61. The Hall–Kier alpha value is -2.43. The van der Waals surface area contributed by atoms with Crippen LogP contribution in [-0.2, 0) is 4.79 Å². The van der Waals surface area contributed by atoms with Crippen molar-refractivity contribution in [2.45, 2.75) is 32.1 Å². The maximum absolute atomic E-state index is 11.9. The number of ether oxygens (including phenoxy) is 1. The fourth-order valence-corrected chi connectivity index (χ4v) is 2.72. The maximum atomic E-state index is 11.9. The minimum absolute atomic E-state index is 0.0345. The van der Waals surface area contributed by atoms with Crippen molar-refractivity contribution >= 4 is 11.6 Å². The van der Waals surface area contributed by atoms with E-state index in [2.05, 4.69) is 15.3 Å². The molecule has 1 aliphatic carbocycles. The van der Waals surface area contributed by atoms with Gasteiger partial charge in [0.15, 0.2) is 0 Å². The third-order valence-electron chi connectivity index (χ3n) is 3.81. The average molecular weight is 297 g/mol. The van der Waals surface area contributed by atoms with Crippen LogP contribution in [-0.4, -0.2) is 15.9 Å². The molecule has 5 heteroatoms. The lowest BCUT2D eigenvalue weighted by molar-refractivity contribution is -0.117. The molecule has 114 valence electrons. The first-order valence-corrected chi connectivity index (χ1v) is 7.64. The molecule has 0 spiro atoms. The minimum Gasteiger partial charge on any atom is -0.424 e. The van der Waals surface area contributed by atoms with Crippen molar-refractivity contribution in [3.05, 3.63) is 42.7 Å². The van der Waals surface area contributed by atoms with Gasteiger partial charge in [0.1, 0.15) is 5.75 Å². The molecule has 1 saturated carbocycles. The maximum Gasteiger partial charge on any atom is 0.322 e. The summed E-state index contributed by atoms with van der Waals surface area (Å²) in [6.07, 6.45) is 8.53. The fraction of sp³-hybridized carbons (Fsp3) is 0.353. The molecule has 1 aromatic heterocycles. The molecular weight excluding hydrogens is 278 g/mol. The highest BCUT2D eigenvalue weighted by Crippen LogP contribution is 2.27. The van der Waals surface area contributed by atoms with Crippen molar-refractivity contribution in [1.29, 1.82) is 0 Å². The summed E-state index contributed by atoms with van der Waals surface area (Å²) in [7, 11) is 0. The van der Waals surface area contributed by atoms with Crippen LogP contribution in [0.3, 0.4) is 0 Å². The molecule has 1 heterocycles. The summed E-state index contributed by atoms with van der Waals surface area (Å²) < 4.78 is 5.51. The fourth-order valence-electron chi connectivity index (χ4n) is 2.72. The number of aromatic nitrogens is 2. The van der Waals surface area contributed by atoms with Gasteiger partial charge >= 0.3 is 6.01 Å². The van der Waals surface area contributed by atoms with E-state index in [1.807, 2.05) is 30.3 Å². The minimum atomic E-state index is 0.0345. The first-order chi connectivity index (χ1) is 10.8. The van der Waals surface area contributed by atoms with Crippen LogP contribution in [0, 0.1) is 5.92 Å². The van der Waals surface area contributed by atoms with Gasteiger partial charge in [-0.05, 0) is 30.9 Å². The van der Waals surface area contributed by atoms with Gasteiger partial charge in [-0.15, -0.1) is 0 Å². The molecule has 5 nitrogen and oxygen atoms in total. The van der Waals surface area contributed by atoms with E-state index in [1.54, 1.807) is 12.4 Å². The van der Waals surface area contributed by atoms with Gasteiger partial charge in [0.25, 0.3) is 0 Å². The number of nitrogens with one attached hydrogen (secondary N) is 1. The van der Waals surface area contributed by atoms with Gasteiger partial charge in [0, 0.05) is 6.42 Å². The van der Waals surface area contributed by atoms with Crippen LogP contribution in [0.4, 0.5) is 5.69 Å². The van der Waals surface area contributed by atoms with Gasteiger partial charge in [-0.2, -0.15) is 0 Å². The number of carbonyl (C=O) groups is 1. The Morgan fingerprint density at radius 2 is 1.82 bits per heavy atom. The van der Waals surface area contributed by atoms with Crippen molar-refractivity contribution in [3.8, 4) is 11.8 Å². The summed E-state index contributed by atoms with van der Waals surface area (Å²) in [4.78, 5) is 20.2. The lowest BCUT2D eigenvalue weighted by atomic mass is 10.0. The molecule has 0 radical (unpaired) electrons. The highest BCUT2D eigenvalue weighted by atomic mass is 16.5. The van der Waals surface area contributed by atoms with E-state index < -0.39 is 0 Å². The second kappa shape index (κ2) is 7.02. The van der Waals surface area contributed by atoms with Crippen LogP contribution in [0.2, 0.25) is 0 Å². The highest BCUT2D eigenvalue weighted by Gasteiger charge is 2.18. The number of amides is 1.